The Morgan fingerprint density at radius 1 is 1.00 bits per heavy atom. The van der Waals surface area contributed by atoms with Gasteiger partial charge >= 0.3 is 63.7 Å². The Bertz CT molecular complexity index is 209. The second kappa shape index (κ2) is 5.00. The molecular formula is C4BrF6KO2. The minimum absolute atomic E-state index is 0. The van der Waals surface area contributed by atoms with Crippen LogP contribution in [-0.2, 0) is 4.79 Å². The smallest absolute Gasteiger partial charge is 0.548 e. The average molecular weight is 313 g/mol. The second-order valence-electron chi connectivity index (χ2n) is 1.94. The molecule has 0 aromatic heterocycles. The number of rotatable bonds is 1. The maximum absolute atomic E-state index is 11.7. The number of carboxylic acids is 1. The van der Waals surface area contributed by atoms with Crippen molar-refractivity contribution >= 4 is 21.9 Å². The molecule has 0 aliphatic carbocycles. The van der Waals surface area contributed by atoms with Gasteiger partial charge in [0.1, 0.15) is 0 Å². The molecular weight excluding hydrogens is 313 g/mol. The van der Waals surface area contributed by atoms with Crippen LogP contribution >= 0.6 is 15.9 Å². The predicted molar refractivity (Wildman–Crippen MR) is 28.8 cm³/mol. The maximum Gasteiger partial charge on any atom is 1.00 e. The number of carbonyl (C=O) groups is 1. The van der Waals surface area contributed by atoms with Crippen molar-refractivity contribution in [2.24, 2.45) is 0 Å². The molecule has 0 aliphatic rings. The summed E-state index contributed by atoms with van der Waals surface area (Å²) in [5.74, 6) is -3.30. The molecule has 0 saturated heterocycles. The van der Waals surface area contributed by atoms with Gasteiger partial charge in [0.2, 0.25) is 0 Å². The number of hydrogen-bond acceptors (Lipinski definition) is 2. The Hall–Kier alpha value is 1.17. The summed E-state index contributed by atoms with van der Waals surface area (Å²) in [7, 11) is 0. The van der Waals surface area contributed by atoms with E-state index in [1.165, 1.54) is 0 Å². The zero-order valence-electron chi connectivity index (χ0n) is 6.46. The van der Waals surface area contributed by atoms with Crippen LogP contribution in [0.1, 0.15) is 0 Å². The zero-order chi connectivity index (χ0) is 11.1. The van der Waals surface area contributed by atoms with Crippen LogP contribution in [0, 0.1) is 0 Å². The van der Waals surface area contributed by atoms with Crippen molar-refractivity contribution in [3.8, 4) is 0 Å². The van der Waals surface area contributed by atoms with Crippen molar-refractivity contribution in [3.63, 3.8) is 0 Å². The average Bonchev–Trinajstić information content (AvgIpc) is 1.80. The van der Waals surface area contributed by atoms with Gasteiger partial charge < -0.3 is 9.90 Å². The SMILES string of the molecule is O=C([O-])C(Br)(C(F)(F)F)C(F)(F)F.[K+]. The minimum Gasteiger partial charge on any atom is -0.548 e. The Morgan fingerprint density at radius 2 is 1.21 bits per heavy atom. The molecule has 0 N–H and O–H groups in total. The van der Waals surface area contributed by atoms with Crippen molar-refractivity contribution in [2.45, 2.75) is 16.7 Å². The fourth-order valence-corrected chi connectivity index (χ4v) is 0.392. The van der Waals surface area contributed by atoms with Gasteiger partial charge in [0.05, 0.1) is 5.97 Å². The molecule has 0 aromatic carbocycles. The predicted octanol–water partition coefficient (Wildman–Crippen LogP) is -2.00. The third-order valence-corrected chi connectivity index (χ3v) is 2.29. The van der Waals surface area contributed by atoms with Gasteiger partial charge in [-0.1, -0.05) is 15.9 Å². The quantitative estimate of drug-likeness (QED) is 0.319. The van der Waals surface area contributed by atoms with Crippen LogP contribution in [-0.4, -0.2) is 22.6 Å². The molecule has 0 aromatic rings. The normalized spacial score (nSPS) is 13.4. The van der Waals surface area contributed by atoms with Gasteiger partial charge in [-0.2, -0.15) is 26.3 Å². The molecule has 0 heterocycles. The molecule has 0 rings (SSSR count). The molecule has 0 saturated carbocycles. The van der Waals surface area contributed by atoms with Crippen molar-refractivity contribution < 1.29 is 87.6 Å². The Balaban J connectivity index is 0. The van der Waals surface area contributed by atoms with E-state index in [0.717, 1.165) is 15.9 Å². The molecule has 14 heavy (non-hydrogen) atoms. The second-order valence-corrected chi connectivity index (χ2v) is 3.13. The van der Waals surface area contributed by atoms with Crippen molar-refractivity contribution in [1.29, 1.82) is 0 Å². The molecule has 0 atom stereocenters. The van der Waals surface area contributed by atoms with E-state index in [4.69, 9.17) is 0 Å². The van der Waals surface area contributed by atoms with Crippen molar-refractivity contribution in [1.82, 2.24) is 0 Å². The summed E-state index contributed by atoms with van der Waals surface area (Å²) in [4.78, 5) is 9.72. The number of carboxylic acid groups (broad SMARTS) is 1. The molecule has 0 radical (unpaired) electrons. The summed E-state index contributed by atoms with van der Waals surface area (Å²) >= 11 is 1.08. The summed E-state index contributed by atoms with van der Waals surface area (Å²) in [6.07, 6.45) is -12.0. The summed E-state index contributed by atoms with van der Waals surface area (Å²) in [5.41, 5.74) is 0. The molecule has 0 spiro atoms. The van der Waals surface area contributed by atoms with E-state index in [2.05, 4.69) is 0 Å². The number of aliphatic carboxylic acids is 1. The number of alkyl halides is 7. The fourth-order valence-electron chi connectivity index (χ4n) is 0.392. The van der Waals surface area contributed by atoms with Crippen LogP contribution in [0.25, 0.3) is 0 Å². The summed E-state index contributed by atoms with van der Waals surface area (Å²) in [6.45, 7) is 0. The van der Waals surface area contributed by atoms with E-state index in [-0.39, 0.29) is 51.4 Å². The van der Waals surface area contributed by atoms with Crippen LogP contribution < -0.4 is 56.5 Å². The van der Waals surface area contributed by atoms with Crippen LogP contribution in [0.5, 0.6) is 0 Å². The summed E-state index contributed by atoms with van der Waals surface area (Å²) < 4.78 is 65.0. The molecule has 0 aliphatic heterocycles. The van der Waals surface area contributed by atoms with E-state index in [9.17, 15) is 36.2 Å². The van der Waals surface area contributed by atoms with Gasteiger partial charge in [0.15, 0.2) is 0 Å². The van der Waals surface area contributed by atoms with Gasteiger partial charge in [-0.15, -0.1) is 0 Å². The molecule has 10 heteroatoms. The van der Waals surface area contributed by atoms with E-state index in [1.54, 1.807) is 0 Å². The standard InChI is InChI=1S/C4HBrF6O2.K/c5-2(1(12)13,3(6,7)8)4(9,10)11;/h(H,12,13);/q;+1/p-1. The summed E-state index contributed by atoms with van der Waals surface area (Å²) in [5, 5.41) is 9.72. The number of halogens is 7. The van der Waals surface area contributed by atoms with E-state index < -0.39 is 22.6 Å². The number of hydrogen-bond donors (Lipinski definition) is 0. The Labute approximate surface area is 125 Å². The molecule has 0 fully saturated rings. The van der Waals surface area contributed by atoms with Gasteiger partial charge in [-0.25, -0.2) is 0 Å². The Kier molecular flexibility index (Phi) is 6.27. The van der Waals surface area contributed by atoms with Crippen LogP contribution in [0.2, 0.25) is 0 Å². The third-order valence-electron chi connectivity index (χ3n) is 1.06. The molecule has 2 nitrogen and oxygen atoms in total. The van der Waals surface area contributed by atoms with Gasteiger partial charge in [0.25, 0.3) is 4.32 Å². The summed E-state index contributed by atoms with van der Waals surface area (Å²) in [6, 6.07) is 0. The first-order chi connectivity index (χ1) is 5.44. The topological polar surface area (TPSA) is 40.1 Å². The van der Waals surface area contributed by atoms with Crippen LogP contribution in [0.15, 0.2) is 0 Å². The fraction of sp³-hybridized carbons (Fsp3) is 0.750. The van der Waals surface area contributed by atoms with Crippen LogP contribution in [0.4, 0.5) is 26.3 Å². The van der Waals surface area contributed by atoms with Gasteiger partial charge in [0, 0.05) is 0 Å². The maximum atomic E-state index is 11.7. The van der Waals surface area contributed by atoms with Crippen molar-refractivity contribution in [3.05, 3.63) is 0 Å². The largest absolute Gasteiger partial charge is 1.00 e. The first-order valence-electron chi connectivity index (χ1n) is 2.48. The van der Waals surface area contributed by atoms with E-state index in [0.29, 0.717) is 0 Å². The molecule has 0 amide bonds. The first kappa shape index (κ1) is 17.6. The number of carbonyl (C=O) groups excluding carboxylic acids is 1. The minimum atomic E-state index is -6.01. The van der Waals surface area contributed by atoms with Crippen molar-refractivity contribution in [2.75, 3.05) is 0 Å². The van der Waals surface area contributed by atoms with E-state index >= 15 is 0 Å². The molecule has 0 bridgehead atoms. The molecule has 78 valence electrons. The Morgan fingerprint density at radius 3 is 1.21 bits per heavy atom. The van der Waals surface area contributed by atoms with Gasteiger partial charge in [-0.05, 0) is 0 Å². The van der Waals surface area contributed by atoms with Gasteiger partial charge in [-0.3, -0.25) is 0 Å². The zero-order valence-corrected chi connectivity index (χ0v) is 11.2. The van der Waals surface area contributed by atoms with E-state index in [1.807, 2.05) is 0 Å². The first-order valence-corrected chi connectivity index (χ1v) is 3.27. The van der Waals surface area contributed by atoms with Crippen LogP contribution in [0.3, 0.4) is 0 Å². The molecule has 0 unspecified atom stereocenters. The third kappa shape index (κ3) is 3.08. The monoisotopic (exact) mass is 312 g/mol.